The van der Waals surface area contributed by atoms with E-state index in [9.17, 15) is 14.4 Å². The Morgan fingerprint density at radius 3 is 2.32 bits per heavy atom. The molecule has 2 N–H and O–H groups in total. The standard InChI is InChI=1S/C22H23N3O3/c1-14(2)17-8-6-16(7-9-17)12-19-21(27)25(22(28)24-19)13-20(26)23-18-10-4-15(3)5-11-18/h4-12,14H,13H2,1-3H3,(H,23,26)(H,24,28)/b19-12-. The van der Waals surface area contributed by atoms with Gasteiger partial charge in [0.1, 0.15) is 12.2 Å². The number of aryl methyl sites for hydroxylation is 1. The van der Waals surface area contributed by atoms with Gasteiger partial charge in [0.25, 0.3) is 5.91 Å². The minimum Gasteiger partial charge on any atom is -0.325 e. The molecule has 4 amide bonds. The van der Waals surface area contributed by atoms with Gasteiger partial charge >= 0.3 is 6.03 Å². The summed E-state index contributed by atoms with van der Waals surface area (Å²) in [5.74, 6) is -0.538. The smallest absolute Gasteiger partial charge is 0.325 e. The van der Waals surface area contributed by atoms with Gasteiger partial charge in [-0.1, -0.05) is 55.8 Å². The van der Waals surface area contributed by atoms with Crippen LogP contribution in [0.3, 0.4) is 0 Å². The highest BCUT2D eigenvalue weighted by Gasteiger charge is 2.34. The zero-order valence-electron chi connectivity index (χ0n) is 16.2. The Kier molecular flexibility index (Phi) is 5.59. The maximum atomic E-state index is 12.5. The first-order valence-electron chi connectivity index (χ1n) is 9.14. The molecule has 6 heteroatoms. The van der Waals surface area contributed by atoms with Gasteiger partial charge in [0, 0.05) is 5.69 Å². The number of amides is 4. The number of hydrogen-bond donors (Lipinski definition) is 2. The summed E-state index contributed by atoms with van der Waals surface area (Å²) in [7, 11) is 0. The largest absolute Gasteiger partial charge is 0.329 e. The van der Waals surface area contributed by atoms with E-state index in [0.29, 0.717) is 11.6 Å². The van der Waals surface area contributed by atoms with E-state index in [0.717, 1.165) is 16.0 Å². The van der Waals surface area contributed by atoms with Crippen molar-refractivity contribution in [1.82, 2.24) is 10.2 Å². The number of nitrogens with zero attached hydrogens (tertiary/aromatic N) is 1. The Bertz CT molecular complexity index is 929. The van der Waals surface area contributed by atoms with Crippen molar-refractivity contribution in [3.63, 3.8) is 0 Å². The summed E-state index contributed by atoms with van der Waals surface area (Å²) >= 11 is 0. The lowest BCUT2D eigenvalue weighted by Crippen LogP contribution is -2.38. The lowest BCUT2D eigenvalue weighted by molar-refractivity contribution is -0.127. The van der Waals surface area contributed by atoms with Gasteiger partial charge in [0.2, 0.25) is 5.91 Å². The van der Waals surface area contributed by atoms with E-state index >= 15 is 0 Å². The van der Waals surface area contributed by atoms with Crippen molar-refractivity contribution in [3.8, 4) is 0 Å². The molecule has 0 unspecified atom stereocenters. The van der Waals surface area contributed by atoms with Crippen molar-refractivity contribution in [2.24, 2.45) is 0 Å². The van der Waals surface area contributed by atoms with Crippen molar-refractivity contribution in [2.75, 3.05) is 11.9 Å². The molecule has 0 aromatic heterocycles. The van der Waals surface area contributed by atoms with Crippen LogP contribution in [-0.4, -0.2) is 29.3 Å². The van der Waals surface area contributed by atoms with Crippen molar-refractivity contribution in [3.05, 3.63) is 70.9 Å². The summed E-state index contributed by atoms with van der Waals surface area (Å²) in [6.07, 6.45) is 1.61. The molecule has 0 radical (unpaired) electrons. The van der Waals surface area contributed by atoms with E-state index in [2.05, 4.69) is 24.5 Å². The number of carbonyl (C=O) groups excluding carboxylic acids is 3. The average Bonchev–Trinajstić information content (AvgIpc) is 2.91. The fraction of sp³-hybridized carbons (Fsp3) is 0.227. The highest BCUT2D eigenvalue weighted by Crippen LogP contribution is 2.18. The molecule has 1 aliphatic rings. The Balaban J connectivity index is 1.67. The summed E-state index contributed by atoms with van der Waals surface area (Å²) < 4.78 is 0. The van der Waals surface area contributed by atoms with E-state index < -0.39 is 17.8 Å². The Morgan fingerprint density at radius 1 is 1.07 bits per heavy atom. The molecular weight excluding hydrogens is 354 g/mol. The zero-order chi connectivity index (χ0) is 20.3. The first kappa shape index (κ1) is 19.4. The molecule has 0 saturated carbocycles. The molecule has 1 fully saturated rings. The Labute approximate surface area is 164 Å². The second-order valence-electron chi connectivity index (χ2n) is 7.12. The molecule has 3 rings (SSSR count). The third-order valence-corrected chi connectivity index (χ3v) is 4.51. The number of anilines is 1. The predicted octanol–water partition coefficient (Wildman–Crippen LogP) is 3.65. The average molecular weight is 377 g/mol. The number of carbonyl (C=O) groups is 3. The monoisotopic (exact) mass is 377 g/mol. The Hall–Kier alpha value is -3.41. The molecule has 1 heterocycles. The van der Waals surface area contributed by atoms with E-state index in [1.54, 1.807) is 18.2 Å². The van der Waals surface area contributed by atoms with Gasteiger partial charge in [-0.15, -0.1) is 0 Å². The fourth-order valence-electron chi connectivity index (χ4n) is 2.84. The molecule has 0 aliphatic carbocycles. The van der Waals surface area contributed by atoms with Crippen LogP contribution in [0.25, 0.3) is 6.08 Å². The van der Waals surface area contributed by atoms with Crippen LogP contribution in [0.2, 0.25) is 0 Å². The lowest BCUT2D eigenvalue weighted by Gasteiger charge is -2.12. The topological polar surface area (TPSA) is 78.5 Å². The third-order valence-electron chi connectivity index (χ3n) is 4.51. The minimum absolute atomic E-state index is 0.158. The molecular formula is C22H23N3O3. The van der Waals surface area contributed by atoms with Gasteiger partial charge in [-0.2, -0.15) is 0 Å². The van der Waals surface area contributed by atoms with Crippen LogP contribution in [0.1, 0.15) is 36.5 Å². The number of benzene rings is 2. The number of imide groups is 1. The Morgan fingerprint density at radius 2 is 1.71 bits per heavy atom. The van der Waals surface area contributed by atoms with E-state index in [1.807, 2.05) is 43.3 Å². The van der Waals surface area contributed by atoms with Crippen LogP contribution in [0.4, 0.5) is 10.5 Å². The van der Waals surface area contributed by atoms with E-state index in [-0.39, 0.29) is 12.2 Å². The summed E-state index contributed by atoms with van der Waals surface area (Å²) in [6.45, 7) is 5.81. The molecule has 0 atom stereocenters. The third kappa shape index (κ3) is 4.46. The van der Waals surface area contributed by atoms with Gasteiger partial charge in [0.05, 0.1) is 0 Å². The molecule has 28 heavy (non-hydrogen) atoms. The fourth-order valence-corrected chi connectivity index (χ4v) is 2.84. The SMILES string of the molecule is Cc1ccc(NC(=O)CN2C(=O)N/C(=C\c3ccc(C(C)C)cc3)C2=O)cc1. The second kappa shape index (κ2) is 8.08. The minimum atomic E-state index is -0.603. The molecule has 144 valence electrons. The summed E-state index contributed by atoms with van der Waals surface area (Å²) in [5.41, 5.74) is 3.84. The molecule has 6 nitrogen and oxygen atoms in total. The molecule has 0 bridgehead atoms. The van der Waals surface area contributed by atoms with Crippen LogP contribution in [0.5, 0.6) is 0 Å². The highest BCUT2D eigenvalue weighted by molar-refractivity contribution is 6.15. The van der Waals surface area contributed by atoms with Gasteiger partial charge < -0.3 is 10.6 Å². The molecule has 2 aromatic rings. The molecule has 1 saturated heterocycles. The van der Waals surface area contributed by atoms with Crippen LogP contribution in [0, 0.1) is 6.92 Å². The van der Waals surface area contributed by atoms with Crippen molar-refractivity contribution in [2.45, 2.75) is 26.7 Å². The van der Waals surface area contributed by atoms with Crippen molar-refractivity contribution >= 4 is 29.6 Å². The van der Waals surface area contributed by atoms with Crippen LogP contribution in [0.15, 0.2) is 54.2 Å². The molecule has 2 aromatic carbocycles. The lowest BCUT2D eigenvalue weighted by atomic mass is 10.0. The maximum Gasteiger partial charge on any atom is 0.329 e. The number of nitrogens with one attached hydrogen (secondary N) is 2. The number of urea groups is 1. The van der Waals surface area contributed by atoms with Crippen LogP contribution >= 0.6 is 0 Å². The van der Waals surface area contributed by atoms with Gasteiger partial charge in [0.15, 0.2) is 0 Å². The number of hydrogen-bond acceptors (Lipinski definition) is 3. The summed E-state index contributed by atoms with van der Waals surface area (Å²) in [6, 6.07) is 14.5. The zero-order valence-corrected chi connectivity index (χ0v) is 16.2. The molecule has 1 aliphatic heterocycles. The van der Waals surface area contributed by atoms with Gasteiger partial charge in [-0.05, 0) is 42.2 Å². The van der Waals surface area contributed by atoms with Gasteiger partial charge in [-0.25, -0.2) is 9.69 Å². The normalized spacial score (nSPS) is 15.3. The van der Waals surface area contributed by atoms with E-state index in [1.165, 1.54) is 5.56 Å². The first-order valence-corrected chi connectivity index (χ1v) is 9.14. The predicted molar refractivity (Wildman–Crippen MR) is 109 cm³/mol. The van der Waals surface area contributed by atoms with Crippen LogP contribution in [-0.2, 0) is 9.59 Å². The molecule has 0 spiro atoms. The second-order valence-corrected chi connectivity index (χ2v) is 7.12. The quantitative estimate of drug-likeness (QED) is 0.617. The van der Waals surface area contributed by atoms with Crippen molar-refractivity contribution in [1.29, 1.82) is 0 Å². The van der Waals surface area contributed by atoms with Crippen LogP contribution < -0.4 is 10.6 Å². The maximum absolute atomic E-state index is 12.5. The van der Waals surface area contributed by atoms with Crippen molar-refractivity contribution < 1.29 is 14.4 Å². The first-order chi connectivity index (χ1) is 13.3. The number of rotatable bonds is 5. The summed E-state index contributed by atoms with van der Waals surface area (Å²) in [4.78, 5) is 37.8. The van der Waals surface area contributed by atoms with Gasteiger partial charge in [-0.3, -0.25) is 9.59 Å². The highest BCUT2D eigenvalue weighted by atomic mass is 16.2. The summed E-state index contributed by atoms with van der Waals surface area (Å²) in [5, 5.41) is 5.22. The van der Waals surface area contributed by atoms with E-state index in [4.69, 9.17) is 0 Å².